The molecule has 0 aliphatic carbocycles. The summed E-state index contributed by atoms with van der Waals surface area (Å²) in [6, 6.07) is 9.14. The van der Waals surface area contributed by atoms with Gasteiger partial charge in [-0.05, 0) is 26.2 Å². The molecule has 0 saturated heterocycles. The lowest BCUT2D eigenvalue weighted by atomic mass is 10.0. The Balaban J connectivity index is 2.38. The molecule has 1 aromatic heterocycles. The normalized spacial score (nSPS) is 13.7. The molecule has 1 unspecified atom stereocenters. The molecule has 0 spiro atoms. The quantitative estimate of drug-likeness (QED) is 0.937. The molecular weight excluding hydrogens is 283 g/mol. The molecule has 6 heteroatoms. The van der Waals surface area contributed by atoms with E-state index < -0.39 is 12.3 Å². The van der Waals surface area contributed by atoms with Gasteiger partial charge in [-0.1, -0.05) is 24.3 Å². The summed E-state index contributed by atoms with van der Waals surface area (Å²) < 4.78 is 43.7. The minimum Gasteiger partial charge on any atom is -0.460 e. The van der Waals surface area contributed by atoms with Gasteiger partial charge in [-0.25, -0.2) is 0 Å². The molecule has 1 N–H and O–H groups in total. The summed E-state index contributed by atoms with van der Waals surface area (Å²) in [5, 5.41) is 9.48. The van der Waals surface area contributed by atoms with Gasteiger partial charge in [-0.2, -0.15) is 13.2 Å². The van der Waals surface area contributed by atoms with Gasteiger partial charge in [0.05, 0.1) is 6.54 Å². The Bertz CT molecular complexity index is 605. The number of halogens is 3. The first-order valence-electron chi connectivity index (χ1n) is 6.36. The van der Waals surface area contributed by atoms with E-state index in [0.29, 0.717) is 18.1 Å². The van der Waals surface area contributed by atoms with E-state index in [9.17, 15) is 18.3 Å². The molecule has 21 heavy (non-hydrogen) atoms. The highest BCUT2D eigenvalue weighted by atomic mass is 19.4. The Morgan fingerprint density at radius 1 is 1.14 bits per heavy atom. The fourth-order valence-electron chi connectivity index (χ4n) is 2.06. The highest BCUT2D eigenvalue weighted by molar-refractivity contribution is 5.63. The zero-order chi connectivity index (χ0) is 15.6. The summed E-state index contributed by atoms with van der Waals surface area (Å²) in [5.74, 6) is 0.956. The summed E-state index contributed by atoms with van der Waals surface area (Å²) >= 11 is 0. The van der Waals surface area contributed by atoms with E-state index >= 15 is 0 Å². The van der Waals surface area contributed by atoms with Crippen molar-refractivity contribution in [3.05, 3.63) is 47.7 Å². The molecule has 0 bridgehead atoms. The first-order valence-corrected chi connectivity index (χ1v) is 6.36. The molecule has 0 fully saturated rings. The minimum atomic E-state index is -4.71. The molecule has 3 nitrogen and oxygen atoms in total. The molecule has 1 heterocycles. The number of aliphatic hydroxyl groups excluding tert-OH is 1. The zero-order valence-electron chi connectivity index (χ0n) is 11.7. The third-order valence-corrected chi connectivity index (χ3v) is 2.96. The second kappa shape index (κ2) is 5.91. The lowest BCUT2D eigenvalue weighted by Gasteiger charge is -2.17. The SMILES string of the molecule is CN(C)Cc1ccc(-c2ccccc2C(O)C(F)(F)F)o1. The van der Waals surface area contributed by atoms with Crippen molar-refractivity contribution >= 4 is 0 Å². The van der Waals surface area contributed by atoms with Crippen molar-refractivity contribution in [2.24, 2.45) is 0 Å². The van der Waals surface area contributed by atoms with Crippen LogP contribution in [0.3, 0.4) is 0 Å². The van der Waals surface area contributed by atoms with Crippen molar-refractivity contribution in [1.82, 2.24) is 4.90 Å². The van der Waals surface area contributed by atoms with Gasteiger partial charge in [0, 0.05) is 11.1 Å². The van der Waals surface area contributed by atoms with Crippen LogP contribution in [0.25, 0.3) is 11.3 Å². The number of hydrogen-bond acceptors (Lipinski definition) is 3. The number of alkyl halides is 3. The molecule has 114 valence electrons. The van der Waals surface area contributed by atoms with Crippen LogP contribution in [-0.2, 0) is 6.54 Å². The van der Waals surface area contributed by atoms with Crippen LogP contribution in [0.1, 0.15) is 17.4 Å². The van der Waals surface area contributed by atoms with E-state index in [1.807, 2.05) is 19.0 Å². The smallest absolute Gasteiger partial charge is 0.418 e. The van der Waals surface area contributed by atoms with Gasteiger partial charge in [-0.3, -0.25) is 0 Å². The van der Waals surface area contributed by atoms with Crippen molar-refractivity contribution in [3.8, 4) is 11.3 Å². The first-order chi connectivity index (χ1) is 9.79. The lowest BCUT2D eigenvalue weighted by molar-refractivity contribution is -0.206. The topological polar surface area (TPSA) is 36.6 Å². The largest absolute Gasteiger partial charge is 0.460 e. The van der Waals surface area contributed by atoms with E-state index in [4.69, 9.17) is 4.42 Å². The number of aliphatic hydroxyl groups is 1. The molecular formula is C15H16F3NO2. The Morgan fingerprint density at radius 3 is 2.43 bits per heavy atom. The van der Waals surface area contributed by atoms with Gasteiger partial charge >= 0.3 is 6.18 Å². The van der Waals surface area contributed by atoms with E-state index in [2.05, 4.69) is 0 Å². The third-order valence-electron chi connectivity index (χ3n) is 2.96. The predicted octanol–water partition coefficient (Wildman–Crippen LogP) is 3.60. The standard InChI is InChI=1S/C15H16F3NO2/c1-19(2)9-10-7-8-13(21-10)11-5-3-4-6-12(11)14(20)15(16,17)18/h3-8,14,20H,9H2,1-2H3. The average molecular weight is 299 g/mol. The van der Waals surface area contributed by atoms with Gasteiger partial charge in [-0.15, -0.1) is 0 Å². The maximum absolute atomic E-state index is 12.7. The van der Waals surface area contributed by atoms with Gasteiger partial charge in [0.15, 0.2) is 6.10 Å². The number of benzene rings is 1. The Kier molecular flexibility index (Phi) is 4.39. The van der Waals surface area contributed by atoms with Crippen molar-refractivity contribution in [2.75, 3.05) is 14.1 Å². The van der Waals surface area contributed by atoms with Crippen LogP contribution in [0.4, 0.5) is 13.2 Å². The summed E-state index contributed by atoms with van der Waals surface area (Å²) in [6.45, 7) is 0.546. The van der Waals surface area contributed by atoms with Gasteiger partial charge in [0.25, 0.3) is 0 Å². The Hall–Kier alpha value is -1.79. The van der Waals surface area contributed by atoms with Crippen LogP contribution < -0.4 is 0 Å². The third kappa shape index (κ3) is 3.65. The van der Waals surface area contributed by atoms with Crippen molar-refractivity contribution < 1.29 is 22.7 Å². The van der Waals surface area contributed by atoms with Crippen LogP contribution >= 0.6 is 0 Å². The van der Waals surface area contributed by atoms with Gasteiger partial charge in [0.1, 0.15) is 11.5 Å². The van der Waals surface area contributed by atoms with E-state index in [1.165, 1.54) is 18.2 Å². The second-order valence-corrected chi connectivity index (χ2v) is 5.04. The molecule has 2 rings (SSSR count). The molecule has 1 aromatic carbocycles. The maximum atomic E-state index is 12.7. The molecule has 0 aliphatic heterocycles. The number of hydrogen-bond donors (Lipinski definition) is 1. The molecule has 1 atom stereocenters. The monoisotopic (exact) mass is 299 g/mol. The average Bonchev–Trinajstić information content (AvgIpc) is 2.84. The van der Waals surface area contributed by atoms with Gasteiger partial charge < -0.3 is 14.4 Å². The fourth-order valence-corrected chi connectivity index (χ4v) is 2.06. The van der Waals surface area contributed by atoms with E-state index in [0.717, 1.165) is 0 Å². The fraction of sp³-hybridized carbons (Fsp3) is 0.333. The van der Waals surface area contributed by atoms with Crippen LogP contribution in [0.15, 0.2) is 40.8 Å². The summed E-state index contributed by atoms with van der Waals surface area (Å²) in [6.07, 6.45) is -7.24. The molecule has 0 radical (unpaired) electrons. The highest BCUT2D eigenvalue weighted by Crippen LogP contribution is 2.38. The Morgan fingerprint density at radius 2 is 1.81 bits per heavy atom. The summed E-state index contributed by atoms with van der Waals surface area (Å²) in [5.41, 5.74) is 0.0306. The number of furan rings is 1. The van der Waals surface area contributed by atoms with Crippen molar-refractivity contribution in [2.45, 2.75) is 18.8 Å². The molecule has 0 saturated carbocycles. The first kappa shape index (κ1) is 15.6. The van der Waals surface area contributed by atoms with Crippen LogP contribution in [0.2, 0.25) is 0 Å². The van der Waals surface area contributed by atoms with Gasteiger partial charge in [0.2, 0.25) is 0 Å². The predicted molar refractivity (Wildman–Crippen MR) is 72.5 cm³/mol. The maximum Gasteiger partial charge on any atom is 0.418 e. The van der Waals surface area contributed by atoms with Crippen molar-refractivity contribution in [1.29, 1.82) is 0 Å². The summed E-state index contributed by atoms with van der Waals surface area (Å²) in [7, 11) is 3.73. The lowest BCUT2D eigenvalue weighted by Crippen LogP contribution is -2.20. The van der Waals surface area contributed by atoms with Crippen LogP contribution in [-0.4, -0.2) is 30.3 Å². The highest BCUT2D eigenvalue weighted by Gasteiger charge is 2.40. The molecule has 0 amide bonds. The molecule has 0 aliphatic rings. The number of nitrogens with zero attached hydrogens (tertiary/aromatic N) is 1. The van der Waals surface area contributed by atoms with E-state index in [1.54, 1.807) is 18.2 Å². The summed E-state index contributed by atoms with van der Waals surface area (Å²) in [4.78, 5) is 1.89. The number of rotatable bonds is 4. The van der Waals surface area contributed by atoms with Crippen LogP contribution in [0.5, 0.6) is 0 Å². The zero-order valence-corrected chi connectivity index (χ0v) is 11.7. The minimum absolute atomic E-state index is 0.212. The molecule has 2 aromatic rings. The second-order valence-electron chi connectivity index (χ2n) is 5.04. The van der Waals surface area contributed by atoms with E-state index in [-0.39, 0.29) is 11.1 Å². The van der Waals surface area contributed by atoms with Crippen LogP contribution in [0, 0.1) is 0 Å². The Labute approximate surface area is 120 Å². The van der Waals surface area contributed by atoms with Crippen molar-refractivity contribution in [3.63, 3.8) is 0 Å².